The van der Waals surface area contributed by atoms with Crippen LogP contribution in [0.2, 0.25) is 0 Å². The highest BCUT2D eigenvalue weighted by molar-refractivity contribution is 6.00. The van der Waals surface area contributed by atoms with Crippen LogP contribution in [0, 0.1) is 35.5 Å². The molecule has 3 aliphatic heterocycles. The third-order valence-corrected chi connectivity index (χ3v) is 20.4. The SMILES string of the molecule is CCCCN1CC(=O)N(C)[C@@H](CC2CCCCC2)C(=O)N(C)[C@@H](CC(C)C)C(=O)N[C@@H](C(C)C)C(=O)N(C)[C@@H](CC(C)C)C(=O)N[C@H](C(=O)N2CCCCC2)CC(=O)N(C)CC(=O)N(C)[C@@H](CC(C)C)C(=O)NC(COCCN2CCOCC2)C(=O)N(C)[C@@H](CC(C)C)C(=O)N[C@@H]([C@@H](C)O)C1=O. The third kappa shape index (κ3) is 26.9. The first kappa shape index (κ1) is 87.9. The van der Waals surface area contributed by atoms with E-state index in [-0.39, 0.29) is 81.5 Å². The van der Waals surface area contributed by atoms with Gasteiger partial charge in [0.25, 0.3) is 0 Å². The van der Waals surface area contributed by atoms with Crippen LogP contribution in [0.15, 0.2) is 0 Å². The van der Waals surface area contributed by atoms with Gasteiger partial charge >= 0.3 is 0 Å². The zero-order valence-corrected chi connectivity index (χ0v) is 65.2. The zero-order chi connectivity index (χ0) is 76.4. The van der Waals surface area contributed by atoms with Crippen LogP contribution in [0.4, 0.5) is 0 Å². The first-order chi connectivity index (χ1) is 48.0. The van der Waals surface area contributed by atoms with E-state index in [0.29, 0.717) is 71.6 Å². The number of aliphatic hydroxyl groups is 1. The van der Waals surface area contributed by atoms with E-state index < -0.39 is 157 Å². The highest BCUT2D eigenvalue weighted by Crippen LogP contribution is 2.30. The molecule has 0 aromatic rings. The average molecular weight is 1440 g/mol. The number of unbranched alkanes of at least 4 members (excludes halogenated alkanes) is 1. The molecule has 582 valence electrons. The number of nitrogens with zero attached hydrogens (tertiary/aromatic N) is 9. The molecule has 5 N–H and O–H groups in total. The molecule has 1 unspecified atom stereocenters. The second kappa shape index (κ2) is 43.1. The van der Waals surface area contributed by atoms with Crippen molar-refractivity contribution in [1.29, 1.82) is 0 Å². The predicted octanol–water partition coefficient (Wildman–Crippen LogP) is 3.10. The molecule has 4 fully saturated rings. The Morgan fingerprint density at radius 2 is 0.971 bits per heavy atom. The maximum absolute atomic E-state index is 15.5. The summed E-state index contributed by atoms with van der Waals surface area (Å²) in [5.41, 5.74) is 0. The van der Waals surface area contributed by atoms with Crippen molar-refractivity contribution in [3.63, 3.8) is 0 Å². The number of aliphatic hydroxyl groups excluding tert-OH is 1. The predicted molar refractivity (Wildman–Crippen MR) is 388 cm³/mol. The Labute approximate surface area is 608 Å². The molecular weight excluding hydrogens is 1310 g/mol. The number of ether oxygens (including phenoxy) is 2. The van der Waals surface area contributed by atoms with Gasteiger partial charge in [0.15, 0.2) is 0 Å². The molecule has 1 aliphatic carbocycles. The topological polar surface area (TPSA) is 321 Å². The van der Waals surface area contributed by atoms with E-state index in [4.69, 9.17) is 9.47 Å². The summed E-state index contributed by atoms with van der Waals surface area (Å²) < 4.78 is 11.7. The van der Waals surface area contributed by atoms with Crippen molar-refractivity contribution in [2.45, 2.75) is 246 Å². The molecule has 12 amide bonds. The Kier molecular flexibility index (Phi) is 37.1. The van der Waals surface area contributed by atoms with E-state index >= 15 is 38.4 Å². The van der Waals surface area contributed by atoms with E-state index in [1.807, 2.05) is 62.3 Å². The number of hydrogen-bond acceptors (Lipinski definition) is 16. The fourth-order valence-corrected chi connectivity index (χ4v) is 13.9. The number of piperidine rings is 1. The van der Waals surface area contributed by atoms with Gasteiger partial charge in [-0.15, -0.1) is 0 Å². The molecule has 28 heteroatoms. The quantitative estimate of drug-likeness (QED) is 0.103. The summed E-state index contributed by atoms with van der Waals surface area (Å²) in [7, 11) is 8.63. The molecule has 4 rings (SSSR count). The first-order valence-corrected chi connectivity index (χ1v) is 37.9. The maximum atomic E-state index is 15.5. The number of carbonyl (C=O) groups is 12. The molecule has 10 atom stereocenters. The zero-order valence-electron chi connectivity index (χ0n) is 65.2. The number of carbonyl (C=O) groups excluding carboxylic acids is 12. The highest BCUT2D eigenvalue weighted by atomic mass is 16.5. The minimum absolute atomic E-state index is 0.0205. The number of morpholine rings is 1. The summed E-state index contributed by atoms with van der Waals surface area (Å²) in [6, 6.07) is -11.8. The van der Waals surface area contributed by atoms with Crippen molar-refractivity contribution in [2.75, 3.05) is 121 Å². The molecular formula is C74H131N13O15. The van der Waals surface area contributed by atoms with Gasteiger partial charge in [0, 0.05) is 81.6 Å². The summed E-state index contributed by atoms with van der Waals surface area (Å²) in [6.45, 7) is 23.9. The molecule has 0 aromatic carbocycles. The Balaban J connectivity index is 1.94. The van der Waals surface area contributed by atoms with Crippen LogP contribution >= 0.6 is 0 Å². The van der Waals surface area contributed by atoms with E-state index in [9.17, 15) is 24.3 Å². The van der Waals surface area contributed by atoms with Gasteiger partial charge in [-0.2, -0.15) is 0 Å². The first-order valence-electron chi connectivity index (χ1n) is 37.9. The highest BCUT2D eigenvalue weighted by Gasteiger charge is 2.44. The number of rotatable bonds is 21. The molecule has 0 bridgehead atoms. The van der Waals surface area contributed by atoms with Crippen LogP contribution in [-0.2, 0) is 67.0 Å². The Hall–Kier alpha value is -6.52. The van der Waals surface area contributed by atoms with Crippen LogP contribution < -0.4 is 21.3 Å². The Morgan fingerprint density at radius 1 is 0.510 bits per heavy atom. The van der Waals surface area contributed by atoms with Crippen LogP contribution in [0.25, 0.3) is 0 Å². The molecule has 3 saturated heterocycles. The van der Waals surface area contributed by atoms with Gasteiger partial charge in [0.05, 0.1) is 52.0 Å². The number of amides is 12. The normalized spacial score (nSPS) is 26.4. The second-order valence-electron chi connectivity index (χ2n) is 31.3. The van der Waals surface area contributed by atoms with E-state index in [1.54, 1.807) is 18.7 Å². The standard InChI is InChI=1S/C74H131N13O15/c1-19-20-29-87-45-63(91)81(15)60(42-53-27-23-21-24-28-53)72(98)83(17)59(41-50(8)9)68(94)77-64(51(10)11)73(99)84(18)57(39-48(4)5)67(93)75-54(71(97)86-30-25-22-26-31-86)43-61(89)79(13)44-62(90)80(14)56(38-47(2)3)66(92)76-55(46-102-37-34-85-32-35-101-36-33-85)70(96)82(16)58(40-49(6)7)69(95)78-65(52(12)88)74(87)100/h47-60,64-65,88H,19-46H2,1-18H3,(H,75,93)(H,76,92)(H,77,94)(H,78,95)/t52-,54+,55?,56+,57+,58+,59+,60+,64+,65+/m1/s1. The van der Waals surface area contributed by atoms with Crippen molar-refractivity contribution in [2.24, 2.45) is 35.5 Å². The minimum Gasteiger partial charge on any atom is -0.391 e. The molecule has 102 heavy (non-hydrogen) atoms. The van der Waals surface area contributed by atoms with Gasteiger partial charge < -0.3 is 75.0 Å². The lowest BCUT2D eigenvalue weighted by Gasteiger charge is -2.39. The summed E-state index contributed by atoms with van der Waals surface area (Å²) in [5, 5.41) is 22.9. The lowest BCUT2D eigenvalue weighted by Crippen LogP contribution is -2.62. The third-order valence-electron chi connectivity index (χ3n) is 20.4. The molecule has 3 heterocycles. The average Bonchev–Trinajstić information content (AvgIpc) is 0.821. The summed E-state index contributed by atoms with van der Waals surface area (Å²) >= 11 is 0. The molecule has 0 radical (unpaired) electrons. The Bertz CT molecular complexity index is 2750. The lowest BCUT2D eigenvalue weighted by molar-refractivity contribution is -0.152. The lowest BCUT2D eigenvalue weighted by atomic mass is 9.84. The van der Waals surface area contributed by atoms with Gasteiger partial charge in [0.2, 0.25) is 70.9 Å². The van der Waals surface area contributed by atoms with E-state index in [1.165, 1.54) is 78.6 Å². The summed E-state index contributed by atoms with van der Waals surface area (Å²) in [5.74, 6) is -9.50. The van der Waals surface area contributed by atoms with Crippen molar-refractivity contribution >= 4 is 70.9 Å². The van der Waals surface area contributed by atoms with Crippen molar-refractivity contribution in [1.82, 2.24) is 65.4 Å². The number of likely N-dealkylation sites (N-methyl/N-ethyl adjacent to an activating group) is 6. The number of hydrogen-bond donors (Lipinski definition) is 5. The maximum Gasteiger partial charge on any atom is 0.248 e. The van der Waals surface area contributed by atoms with Crippen LogP contribution in [0.3, 0.4) is 0 Å². The van der Waals surface area contributed by atoms with Crippen LogP contribution in [-0.4, -0.2) is 302 Å². The minimum atomic E-state index is -1.64. The van der Waals surface area contributed by atoms with Crippen molar-refractivity contribution in [3.05, 3.63) is 0 Å². The fourth-order valence-electron chi connectivity index (χ4n) is 13.9. The van der Waals surface area contributed by atoms with E-state index in [0.717, 1.165) is 43.4 Å². The molecule has 4 aliphatic rings. The van der Waals surface area contributed by atoms with Crippen molar-refractivity contribution in [3.8, 4) is 0 Å². The molecule has 0 aromatic heterocycles. The van der Waals surface area contributed by atoms with Crippen molar-refractivity contribution < 1.29 is 72.1 Å². The smallest absolute Gasteiger partial charge is 0.248 e. The summed E-state index contributed by atoms with van der Waals surface area (Å²) in [4.78, 5) is 192. The second-order valence-corrected chi connectivity index (χ2v) is 31.3. The number of likely N-dealkylation sites (tertiary alicyclic amines) is 1. The van der Waals surface area contributed by atoms with Gasteiger partial charge in [-0.05, 0) is 100 Å². The fraction of sp³-hybridized carbons (Fsp3) is 0.838. The summed E-state index contributed by atoms with van der Waals surface area (Å²) in [6.07, 6.45) is 6.21. The van der Waals surface area contributed by atoms with Gasteiger partial charge in [0.1, 0.15) is 54.4 Å². The molecule has 1 saturated carbocycles. The van der Waals surface area contributed by atoms with E-state index in [2.05, 4.69) is 26.2 Å². The largest absolute Gasteiger partial charge is 0.391 e. The van der Waals surface area contributed by atoms with Crippen LogP contribution in [0.5, 0.6) is 0 Å². The molecule has 0 spiro atoms. The van der Waals surface area contributed by atoms with Gasteiger partial charge in [-0.25, -0.2) is 0 Å². The van der Waals surface area contributed by atoms with Gasteiger partial charge in [-0.3, -0.25) is 62.4 Å². The number of nitrogens with one attached hydrogen (secondary N) is 4. The van der Waals surface area contributed by atoms with Gasteiger partial charge in [-0.1, -0.05) is 115 Å². The monoisotopic (exact) mass is 1440 g/mol. The Morgan fingerprint density at radius 3 is 1.48 bits per heavy atom. The van der Waals surface area contributed by atoms with Crippen LogP contribution in [0.1, 0.15) is 186 Å². The molecule has 28 nitrogen and oxygen atoms in total.